The number of aliphatic hydroxyl groups is 16. The van der Waals surface area contributed by atoms with Gasteiger partial charge in [0, 0.05) is 26.7 Å². The van der Waals surface area contributed by atoms with E-state index in [4.69, 9.17) is 47.4 Å². The average molecular weight is 1570 g/mol. The van der Waals surface area contributed by atoms with Crippen molar-refractivity contribution in [1.29, 1.82) is 0 Å². The first-order chi connectivity index (χ1) is 52.3. The number of amides is 3. The maximum Gasteiger partial charge on any atom is 0.364 e. The first kappa shape index (κ1) is 95.9. The van der Waals surface area contributed by atoms with Crippen LogP contribution in [0.4, 0.5) is 0 Å². The Morgan fingerprint density at radius 2 is 0.917 bits per heavy atom. The molecule has 0 aromatic carbocycles. The number of allylic oxidation sites excluding steroid dienone is 3. The van der Waals surface area contributed by atoms with Crippen molar-refractivity contribution in [3.63, 3.8) is 0 Å². The zero-order valence-corrected chi connectivity index (χ0v) is 64.0. The molecule has 3 amide bonds. The number of hydrogen-bond acceptors (Lipinski definition) is 30. The van der Waals surface area contributed by atoms with E-state index in [-0.39, 0.29) is 6.42 Å². The summed E-state index contributed by atoms with van der Waals surface area (Å²) in [5.74, 6) is -7.72. The topological polar surface area (TPSA) is 541 Å². The highest BCUT2D eigenvalue weighted by Gasteiger charge is 2.62. The summed E-state index contributed by atoms with van der Waals surface area (Å²) in [5.41, 5.74) is 0. The smallest absolute Gasteiger partial charge is 0.364 e. The molecule has 5 heterocycles. The van der Waals surface area contributed by atoms with Gasteiger partial charge >= 0.3 is 5.97 Å². The number of rotatable bonds is 53. The number of ether oxygens (including phenoxy) is 10. The van der Waals surface area contributed by atoms with E-state index in [9.17, 15) is 106 Å². The van der Waals surface area contributed by atoms with Crippen LogP contribution in [0, 0.1) is 0 Å². The lowest BCUT2D eigenvalue weighted by Crippen LogP contribution is -2.72. The van der Waals surface area contributed by atoms with Gasteiger partial charge in [0.05, 0.1) is 63.9 Å². The fourth-order valence-electron chi connectivity index (χ4n) is 14.4. The molecule has 20 N–H and O–H groups in total. The Morgan fingerprint density at radius 3 is 1.45 bits per heavy atom. The Hall–Kier alpha value is -3.68. The molecule has 5 saturated heterocycles. The Morgan fingerprint density at radius 1 is 0.477 bits per heavy atom. The molecule has 0 aromatic rings. The number of hydrogen-bond donors (Lipinski definition) is 20. The maximum atomic E-state index is 13.8. The SMILES string of the molecule is CCCCCC/C=C\CCCCCCCCCC(=O)N[C@@H](CO[C@@H]1O[C@H](CO)[C@@H](O[C@@H]2O[C@H](CO)[C@H](O[C@@H]3O[C@H](CO)[C@H](O)[C@H](O[C@@H]4O[C@H](CO)[C@H](O)[C@H](O)[C@H]4O)[C@H]3NC(C)=O)[C@H](O[C@]3(C(=O)O)C[C@H](O)[C@@H](NC(C)=O)[C@@H]([C@@H](O)[C@H](O)CO)O3)[C@H]2O)[C@H](O)[C@H]1O)[C@H](O)/C=C/CCCCCCCCCCCCCCC. The fourth-order valence-corrected chi connectivity index (χ4v) is 14.4. The number of carbonyl (C=O) groups excluding carboxylic acids is 3. The standard InChI is InChI=1S/C75H133N3O31/c1-5-7-9-11-13-15-17-19-21-23-25-27-29-31-33-35-47(86)46(78-54(89)36-34-32-30-28-26-24-22-20-18-16-14-12-10-8-6-2)43-100-71-63(96)61(94)65(52(41-82)103-71)105-73-64(97)69(109-75(74(98)99)37-48(87)55(76-44(3)84)68(108-75)57(90)49(88)38-79)66(53(42-83)104-73)106-70-56(77-45(4)85)67(59(92)51(40-81)101-70)107-72-62(95)60(93)58(91)50(39-80)102-72/h16,18,33,35,46-53,55-73,79-83,86-88,90-97H,5-15,17,19-32,34,36-43H2,1-4H3,(H,76,84)(H,77,85)(H,78,89)(H,98,99)/b18-16-,35-33+/t46-,47+,48-,49+,50+,51+,52+,53+,55+,56+,57-,58-,59-,60-,61+,62+,63+,64+,65+,66-,67+,68-,69+,70-,71+,72-,73-,75-/m0/s1. The minimum atomic E-state index is -3.38. The third-order valence-electron chi connectivity index (χ3n) is 20.7. The van der Waals surface area contributed by atoms with Gasteiger partial charge in [0.15, 0.2) is 25.2 Å². The van der Waals surface area contributed by atoms with Crippen LogP contribution in [0.2, 0.25) is 0 Å². The molecule has 0 spiro atoms. The van der Waals surface area contributed by atoms with Crippen molar-refractivity contribution in [2.75, 3.05) is 39.6 Å². The predicted octanol–water partition coefficient (Wildman–Crippen LogP) is -0.486. The molecule has 5 aliphatic heterocycles. The normalized spacial score (nSPS) is 34.3. The lowest BCUT2D eigenvalue weighted by atomic mass is 9.88. The van der Waals surface area contributed by atoms with Gasteiger partial charge in [0.2, 0.25) is 17.7 Å². The summed E-state index contributed by atoms with van der Waals surface area (Å²) in [4.78, 5) is 53.0. The molecule has 0 aromatic heterocycles. The third-order valence-corrected chi connectivity index (χ3v) is 20.7. The van der Waals surface area contributed by atoms with Crippen molar-refractivity contribution < 1.29 is 153 Å². The highest BCUT2D eigenvalue weighted by atomic mass is 16.8. The molecule has 0 unspecified atom stereocenters. The fraction of sp³-hybridized carbons (Fsp3) is 0.893. The molecule has 28 atom stereocenters. The molecule has 5 rings (SSSR count). The number of carbonyl (C=O) groups is 4. The Bertz CT molecular complexity index is 2590. The summed E-state index contributed by atoms with van der Waals surface area (Å²) in [7, 11) is 0. The number of aliphatic carboxylic acids is 1. The highest BCUT2D eigenvalue weighted by Crippen LogP contribution is 2.41. The van der Waals surface area contributed by atoms with Crippen molar-refractivity contribution in [2.45, 2.75) is 385 Å². The molecule has 0 saturated carbocycles. The monoisotopic (exact) mass is 1570 g/mol. The minimum absolute atomic E-state index is 0.126. The second-order valence-corrected chi connectivity index (χ2v) is 29.6. The van der Waals surface area contributed by atoms with Gasteiger partial charge < -0.3 is 150 Å². The lowest BCUT2D eigenvalue weighted by Gasteiger charge is -2.52. The highest BCUT2D eigenvalue weighted by molar-refractivity contribution is 5.77. The molecule has 109 heavy (non-hydrogen) atoms. The Labute approximate surface area is 639 Å². The van der Waals surface area contributed by atoms with Crippen LogP contribution in [-0.2, 0) is 66.5 Å². The van der Waals surface area contributed by atoms with Gasteiger partial charge in [-0.2, -0.15) is 0 Å². The maximum absolute atomic E-state index is 13.8. The molecule has 0 radical (unpaired) electrons. The van der Waals surface area contributed by atoms with E-state index >= 15 is 0 Å². The Balaban J connectivity index is 1.39. The van der Waals surface area contributed by atoms with Crippen molar-refractivity contribution in [3.8, 4) is 0 Å². The van der Waals surface area contributed by atoms with Crippen LogP contribution in [0.3, 0.4) is 0 Å². The van der Waals surface area contributed by atoms with Crippen LogP contribution in [0.5, 0.6) is 0 Å². The number of aliphatic hydroxyl groups excluding tert-OH is 16. The van der Waals surface area contributed by atoms with Crippen LogP contribution < -0.4 is 16.0 Å². The van der Waals surface area contributed by atoms with E-state index in [1.807, 2.05) is 6.08 Å². The summed E-state index contributed by atoms with van der Waals surface area (Å²) >= 11 is 0. The van der Waals surface area contributed by atoms with Crippen LogP contribution in [0.1, 0.15) is 214 Å². The van der Waals surface area contributed by atoms with Crippen molar-refractivity contribution in [1.82, 2.24) is 16.0 Å². The van der Waals surface area contributed by atoms with Crippen molar-refractivity contribution in [3.05, 3.63) is 24.3 Å². The molecule has 34 heteroatoms. The largest absolute Gasteiger partial charge is 0.477 e. The average Bonchev–Trinajstić information content (AvgIpc) is 0.747. The number of nitrogens with one attached hydrogen (secondary N) is 3. The predicted molar refractivity (Wildman–Crippen MR) is 387 cm³/mol. The number of carboxylic acids is 1. The molecule has 0 bridgehead atoms. The summed E-state index contributed by atoms with van der Waals surface area (Å²) in [5, 5.41) is 197. The van der Waals surface area contributed by atoms with E-state index in [0.717, 1.165) is 90.9 Å². The van der Waals surface area contributed by atoms with Crippen LogP contribution in [0.25, 0.3) is 0 Å². The van der Waals surface area contributed by atoms with Gasteiger partial charge in [-0.05, 0) is 44.9 Å². The van der Waals surface area contributed by atoms with Crippen molar-refractivity contribution in [2.24, 2.45) is 0 Å². The molecule has 0 aliphatic carbocycles. The second-order valence-electron chi connectivity index (χ2n) is 29.6. The van der Waals surface area contributed by atoms with Crippen LogP contribution >= 0.6 is 0 Å². The number of unbranched alkanes of at least 4 members (excludes halogenated alkanes) is 24. The van der Waals surface area contributed by atoms with Gasteiger partial charge in [0.25, 0.3) is 5.79 Å². The third kappa shape index (κ3) is 30.2. The summed E-state index contributed by atoms with van der Waals surface area (Å²) in [6.07, 6.45) is -12.9. The van der Waals surface area contributed by atoms with E-state index in [1.54, 1.807) is 6.08 Å². The van der Waals surface area contributed by atoms with Crippen LogP contribution in [-0.4, -0.2) is 321 Å². The van der Waals surface area contributed by atoms with E-state index < -0.39 is 241 Å². The summed E-state index contributed by atoms with van der Waals surface area (Å²) in [6.45, 7) is 0.304. The zero-order chi connectivity index (χ0) is 80.2. The van der Waals surface area contributed by atoms with Gasteiger partial charge in [-0.25, -0.2) is 4.79 Å². The first-order valence-corrected chi connectivity index (χ1v) is 39.7. The molecular formula is C75H133N3O31. The molecular weight excluding hydrogens is 1440 g/mol. The van der Waals surface area contributed by atoms with Crippen LogP contribution in [0.15, 0.2) is 24.3 Å². The molecule has 34 nitrogen and oxygen atoms in total. The minimum Gasteiger partial charge on any atom is -0.477 e. The summed E-state index contributed by atoms with van der Waals surface area (Å²) in [6, 6.07) is -4.81. The molecule has 5 aliphatic rings. The first-order valence-electron chi connectivity index (χ1n) is 39.7. The molecule has 5 fully saturated rings. The van der Waals surface area contributed by atoms with E-state index in [1.165, 1.54) is 83.5 Å². The lowest BCUT2D eigenvalue weighted by molar-refractivity contribution is -0.403. The van der Waals surface area contributed by atoms with Gasteiger partial charge in [-0.1, -0.05) is 167 Å². The second kappa shape index (κ2) is 51.3. The van der Waals surface area contributed by atoms with Gasteiger partial charge in [-0.3, -0.25) is 14.4 Å². The van der Waals surface area contributed by atoms with Crippen molar-refractivity contribution >= 4 is 23.7 Å². The zero-order valence-electron chi connectivity index (χ0n) is 64.0. The molecule has 634 valence electrons. The van der Waals surface area contributed by atoms with Gasteiger partial charge in [0.1, 0.15) is 116 Å². The van der Waals surface area contributed by atoms with Gasteiger partial charge in [-0.15, -0.1) is 0 Å². The number of carboxylic acid groups (broad SMARTS) is 1. The Kier molecular flexibility index (Phi) is 45.1. The quantitative estimate of drug-likeness (QED) is 0.0270. The van der Waals surface area contributed by atoms with E-state index in [2.05, 4.69) is 41.9 Å². The summed E-state index contributed by atoms with van der Waals surface area (Å²) < 4.78 is 60.1. The van der Waals surface area contributed by atoms with E-state index in [0.29, 0.717) is 12.8 Å².